The molecule has 2 aromatic rings. The van der Waals surface area contributed by atoms with Gasteiger partial charge in [-0.05, 0) is 18.2 Å². The van der Waals surface area contributed by atoms with Crippen LogP contribution in [0.1, 0.15) is 6.55 Å². The topological polar surface area (TPSA) is 56.1 Å². The molecule has 18 heavy (non-hydrogen) atoms. The summed E-state index contributed by atoms with van der Waals surface area (Å²) in [6, 6.07) is 4.87. The molecule has 0 saturated carbocycles. The quantitative estimate of drug-likeness (QED) is 0.799. The van der Waals surface area contributed by atoms with E-state index < -0.39 is 21.2 Å². The fourth-order valence-electron chi connectivity index (χ4n) is 1.63. The lowest BCUT2D eigenvalue weighted by Crippen LogP contribution is -2.20. The molecule has 1 aromatic carbocycles. The molecule has 0 spiro atoms. The summed E-state index contributed by atoms with van der Waals surface area (Å²) in [5.41, 5.74) is -0.968. The van der Waals surface area contributed by atoms with Crippen LogP contribution in [0.15, 0.2) is 40.2 Å². The van der Waals surface area contributed by atoms with Gasteiger partial charge in [0.2, 0.25) is 0 Å². The average molecular weight is 294 g/mol. The zero-order valence-corrected chi connectivity index (χ0v) is 10.3. The van der Waals surface area contributed by atoms with Gasteiger partial charge < -0.3 is 0 Å². The summed E-state index contributed by atoms with van der Waals surface area (Å²) in [5, 5.41) is -0.103. The first-order valence-electron chi connectivity index (χ1n) is 4.69. The van der Waals surface area contributed by atoms with Crippen molar-refractivity contribution in [2.45, 2.75) is 11.4 Å². The molecule has 0 bridgehead atoms. The number of fused-ring (bicyclic) bond motifs is 1. The SMILES string of the molecule is O=c1c2cccc(S(=O)(=O)Cl)c2ccn1C(F)F. The Bertz CT molecular complexity index is 770. The Kier molecular flexibility index (Phi) is 3.12. The fourth-order valence-corrected chi connectivity index (χ4v) is 2.72. The highest BCUT2D eigenvalue weighted by Crippen LogP contribution is 2.24. The number of pyridine rings is 1. The molecule has 2 rings (SSSR count). The molecule has 8 heteroatoms. The molecule has 0 amide bonds. The lowest BCUT2D eigenvalue weighted by atomic mass is 10.2. The Morgan fingerprint density at radius 2 is 1.83 bits per heavy atom. The molecular weight excluding hydrogens is 288 g/mol. The van der Waals surface area contributed by atoms with Crippen LogP contribution in [0.25, 0.3) is 10.8 Å². The van der Waals surface area contributed by atoms with Gasteiger partial charge in [-0.25, -0.2) is 8.42 Å². The highest BCUT2D eigenvalue weighted by atomic mass is 35.7. The standard InChI is InChI=1S/C10H6ClF2NO3S/c11-18(16,17)8-3-1-2-7-6(8)4-5-14(9(7)15)10(12)13/h1-5,10H. The van der Waals surface area contributed by atoms with Crippen molar-refractivity contribution in [1.82, 2.24) is 4.57 Å². The number of hydrogen-bond donors (Lipinski definition) is 0. The van der Waals surface area contributed by atoms with Gasteiger partial charge >= 0.3 is 6.55 Å². The van der Waals surface area contributed by atoms with Crippen LogP contribution >= 0.6 is 10.7 Å². The van der Waals surface area contributed by atoms with E-state index in [2.05, 4.69) is 0 Å². The summed E-state index contributed by atoms with van der Waals surface area (Å²) >= 11 is 0. The second-order valence-electron chi connectivity index (χ2n) is 3.46. The van der Waals surface area contributed by atoms with Crippen molar-refractivity contribution in [3.05, 3.63) is 40.8 Å². The molecule has 0 fully saturated rings. The minimum Gasteiger partial charge on any atom is -0.269 e. The second kappa shape index (κ2) is 4.33. The third kappa shape index (κ3) is 2.11. The van der Waals surface area contributed by atoms with Crippen molar-refractivity contribution in [3.63, 3.8) is 0 Å². The molecule has 0 aliphatic carbocycles. The molecule has 96 valence electrons. The maximum atomic E-state index is 12.5. The summed E-state index contributed by atoms with van der Waals surface area (Å²) in [6.45, 7) is -2.99. The van der Waals surface area contributed by atoms with E-state index in [0.29, 0.717) is 0 Å². The monoisotopic (exact) mass is 293 g/mol. The number of nitrogens with zero attached hydrogens (tertiary/aromatic N) is 1. The van der Waals surface area contributed by atoms with E-state index in [4.69, 9.17) is 10.7 Å². The summed E-state index contributed by atoms with van der Waals surface area (Å²) < 4.78 is 47.8. The van der Waals surface area contributed by atoms with Crippen LogP contribution in [0, 0.1) is 0 Å². The first-order chi connectivity index (χ1) is 8.32. The van der Waals surface area contributed by atoms with E-state index >= 15 is 0 Å². The predicted octanol–water partition coefficient (Wildman–Crippen LogP) is 2.32. The van der Waals surface area contributed by atoms with Gasteiger partial charge in [0.25, 0.3) is 14.6 Å². The van der Waals surface area contributed by atoms with E-state index in [-0.39, 0.29) is 20.2 Å². The molecule has 4 nitrogen and oxygen atoms in total. The number of aromatic nitrogens is 1. The first-order valence-corrected chi connectivity index (χ1v) is 7.00. The van der Waals surface area contributed by atoms with Gasteiger partial charge in [0, 0.05) is 27.7 Å². The normalized spacial score (nSPS) is 12.2. The molecule has 0 unspecified atom stereocenters. The highest BCUT2D eigenvalue weighted by molar-refractivity contribution is 8.14. The summed E-state index contributed by atoms with van der Waals surface area (Å²) in [5.74, 6) is 0. The Morgan fingerprint density at radius 1 is 1.17 bits per heavy atom. The van der Waals surface area contributed by atoms with Gasteiger partial charge in [-0.15, -0.1) is 0 Å². The molecule has 0 N–H and O–H groups in total. The Morgan fingerprint density at radius 3 is 2.39 bits per heavy atom. The van der Waals surface area contributed by atoms with Gasteiger partial charge in [0.05, 0.1) is 4.90 Å². The maximum Gasteiger partial charge on any atom is 0.321 e. The smallest absolute Gasteiger partial charge is 0.269 e. The van der Waals surface area contributed by atoms with Crippen molar-refractivity contribution in [2.75, 3.05) is 0 Å². The Balaban J connectivity index is 2.92. The van der Waals surface area contributed by atoms with Crippen molar-refractivity contribution in [1.29, 1.82) is 0 Å². The zero-order valence-electron chi connectivity index (χ0n) is 8.68. The second-order valence-corrected chi connectivity index (χ2v) is 6.00. The minimum atomic E-state index is -4.04. The third-order valence-electron chi connectivity index (χ3n) is 2.41. The number of halogens is 3. The van der Waals surface area contributed by atoms with Crippen LogP contribution in [0.4, 0.5) is 8.78 Å². The van der Waals surface area contributed by atoms with E-state index in [0.717, 1.165) is 12.3 Å². The maximum absolute atomic E-state index is 12.5. The van der Waals surface area contributed by atoms with Crippen molar-refractivity contribution in [3.8, 4) is 0 Å². The predicted molar refractivity (Wildman–Crippen MR) is 62.5 cm³/mol. The molecule has 0 saturated heterocycles. The van der Waals surface area contributed by atoms with E-state index in [1.54, 1.807) is 0 Å². The van der Waals surface area contributed by atoms with Gasteiger partial charge in [0.15, 0.2) is 0 Å². The number of rotatable bonds is 2. The largest absolute Gasteiger partial charge is 0.321 e. The summed E-state index contributed by atoms with van der Waals surface area (Å²) in [6.07, 6.45) is 0.834. The summed E-state index contributed by atoms with van der Waals surface area (Å²) in [7, 11) is 1.16. The van der Waals surface area contributed by atoms with Crippen LogP contribution in [0.5, 0.6) is 0 Å². The molecule has 0 radical (unpaired) electrons. The van der Waals surface area contributed by atoms with Gasteiger partial charge in [-0.3, -0.25) is 9.36 Å². The van der Waals surface area contributed by atoms with Crippen molar-refractivity contribution >= 4 is 30.5 Å². The van der Waals surface area contributed by atoms with E-state index in [1.165, 1.54) is 18.2 Å². The van der Waals surface area contributed by atoms with Crippen LogP contribution in [0.3, 0.4) is 0 Å². The van der Waals surface area contributed by atoms with Crippen molar-refractivity contribution < 1.29 is 17.2 Å². The van der Waals surface area contributed by atoms with E-state index in [1.807, 2.05) is 0 Å². The zero-order chi connectivity index (χ0) is 13.5. The number of benzene rings is 1. The van der Waals surface area contributed by atoms with Gasteiger partial charge in [-0.2, -0.15) is 8.78 Å². The molecule has 1 aromatic heterocycles. The Labute approximate surface area is 105 Å². The molecular formula is C10H6ClF2NO3S. The van der Waals surface area contributed by atoms with Gasteiger partial charge in [0.1, 0.15) is 0 Å². The first kappa shape index (κ1) is 13.0. The van der Waals surface area contributed by atoms with Crippen LogP contribution in [-0.2, 0) is 9.05 Å². The highest BCUT2D eigenvalue weighted by Gasteiger charge is 2.17. The number of alkyl halides is 2. The third-order valence-corrected chi connectivity index (χ3v) is 3.79. The van der Waals surface area contributed by atoms with E-state index in [9.17, 15) is 22.0 Å². The summed E-state index contributed by atoms with van der Waals surface area (Å²) in [4.78, 5) is 11.4. The molecule has 0 aliphatic heterocycles. The molecule has 0 aliphatic rings. The fraction of sp³-hybridized carbons (Fsp3) is 0.100. The van der Waals surface area contributed by atoms with Crippen LogP contribution < -0.4 is 5.56 Å². The molecule has 1 heterocycles. The Hall–Kier alpha value is -1.47. The number of hydrogen-bond acceptors (Lipinski definition) is 3. The van der Waals surface area contributed by atoms with Gasteiger partial charge in [-0.1, -0.05) is 6.07 Å². The van der Waals surface area contributed by atoms with Crippen LogP contribution in [-0.4, -0.2) is 13.0 Å². The van der Waals surface area contributed by atoms with Crippen LogP contribution in [0.2, 0.25) is 0 Å². The molecule has 0 atom stereocenters. The average Bonchev–Trinajstić information content (AvgIpc) is 2.27. The lowest BCUT2D eigenvalue weighted by Gasteiger charge is -2.07. The lowest BCUT2D eigenvalue weighted by molar-refractivity contribution is 0.0669. The van der Waals surface area contributed by atoms with Crippen molar-refractivity contribution in [2.24, 2.45) is 0 Å². The minimum absolute atomic E-state index is 0.0226.